The van der Waals surface area contributed by atoms with Crippen LogP contribution in [0.25, 0.3) is 22.0 Å². The molecule has 0 bridgehead atoms. The molecule has 0 N–H and O–H groups in total. The first-order valence-electron chi connectivity index (χ1n) is 9.19. The molecular weight excluding hydrogens is 338 g/mol. The molecule has 6 nitrogen and oxygen atoms in total. The average molecular weight is 359 g/mol. The van der Waals surface area contributed by atoms with E-state index in [1.807, 2.05) is 48.9 Å². The van der Waals surface area contributed by atoms with E-state index in [1.54, 1.807) is 23.3 Å². The van der Waals surface area contributed by atoms with Gasteiger partial charge < -0.3 is 4.57 Å². The van der Waals surface area contributed by atoms with Crippen LogP contribution in [0.1, 0.15) is 19.3 Å². The predicted octanol–water partition coefficient (Wildman–Crippen LogP) is 3.53. The molecule has 0 aliphatic rings. The van der Waals surface area contributed by atoms with Gasteiger partial charge in [-0.15, -0.1) is 0 Å². The number of hydrogen-bond acceptors (Lipinski definition) is 4. The first-order chi connectivity index (χ1) is 13.3. The Bertz CT molecular complexity index is 1070. The lowest BCUT2D eigenvalue weighted by atomic mass is 10.1. The molecule has 0 amide bonds. The van der Waals surface area contributed by atoms with Crippen LogP contribution in [0.5, 0.6) is 0 Å². The molecule has 4 aromatic rings. The van der Waals surface area contributed by atoms with E-state index >= 15 is 0 Å². The molecule has 3 aromatic heterocycles. The molecule has 136 valence electrons. The third kappa shape index (κ3) is 3.79. The Kier molecular flexibility index (Phi) is 5.05. The number of imidazole rings is 1. The molecule has 6 heteroatoms. The third-order valence-corrected chi connectivity index (χ3v) is 4.65. The zero-order valence-corrected chi connectivity index (χ0v) is 15.0. The fraction of sp³-hybridized carbons (Fsp3) is 0.238. The molecule has 0 atom stereocenters. The summed E-state index contributed by atoms with van der Waals surface area (Å²) in [5.41, 5.74) is 1.69. The van der Waals surface area contributed by atoms with Gasteiger partial charge in [0, 0.05) is 48.8 Å². The van der Waals surface area contributed by atoms with Crippen molar-refractivity contribution in [3.05, 3.63) is 77.9 Å². The number of aryl methyl sites for hydroxylation is 2. The SMILES string of the molecule is O=c1c2ccccc2c(-c2cccnc2)nn1CCCCCn1ccnc1. The third-order valence-electron chi connectivity index (χ3n) is 4.65. The van der Waals surface area contributed by atoms with Crippen molar-refractivity contribution < 1.29 is 0 Å². The highest BCUT2D eigenvalue weighted by molar-refractivity contribution is 5.93. The Hall–Kier alpha value is -3.28. The van der Waals surface area contributed by atoms with E-state index in [1.165, 1.54) is 0 Å². The maximum Gasteiger partial charge on any atom is 0.274 e. The molecule has 0 fully saturated rings. The minimum atomic E-state index is -0.0344. The quantitative estimate of drug-likeness (QED) is 0.474. The van der Waals surface area contributed by atoms with Gasteiger partial charge in [0.15, 0.2) is 0 Å². The van der Waals surface area contributed by atoms with Gasteiger partial charge in [-0.25, -0.2) is 9.67 Å². The van der Waals surface area contributed by atoms with Gasteiger partial charge in [-0.2, -0.15) is 5.10 Å². The normalized spacial score (nSPS) is 11.1. The van der Waals surface area contributed by atoms with Crippen molar-refractivity contribution in [1.82, 2.24) is 24.3 Å². The van der Waals surface area contributed by atoms with Gasteiger partial charge >= 0.3 is 0 Å². The number of unbranched alkanes of at least 4 members (excludes halogenated alkanes) is 2. The summed E-state index contributed by atoms with van der Waals surface area (Å²) < 4.78 is 3.67. The fourth-order valence-electron chi connectivity index (χ4n) is 3.25. The standard InChI is InChI=1S/C21H21N5O/c27-21-19-9-3-2-8-18(19)20(17-7-6-10-22-15-17)24-26(21)13-5-1-4-12-25-14-11-23-16-25/h2-3,6-11,14-16H,1,4-5,12-13H2. The summed E-state index contributed by atoms with van der Waals surface area (Å²) in [5, 5.41) is 6.23. The monoisotopic (exact) mass is 359 g/mol. The summed E-state index contributed by atoms with van der Waals surface area (Å²) >= 11 is 0. The molecule has 4 rings (SSSR count). The lowest BCUT2D eigenvalue weighted by Gasteiger charge is -2.11. The molecule has 0 unspecified atom stereocenters. The lowest BCUT2D eigenvalue weighted by Crippen LogP contribution is -2.24. The van der Waals surface area contributed by atoms with E-state index in [4.69, 9.17) is 0 Å². The van der Waals surface area contributed by atoms with E-state index in [0.29, 0.717) is 11.9 Å². The number of fused-ring (bicyclic) bond motifs is 1. The van der Waals surface area contributed by atoms with E-state index in [2.05, 4.69) is 19.6 Å². The van der Waals surface area contributed by atoms with Crippen LogP contribution in [0.4, 0.5) is 0 Å². The van der Waals surface area contributed by atoms with Gasteiger partial charge in [0.2, 0.25) is 0 Å². The van der Waals surface area contributed by atoms with Gasteiger partial charge in [0.1, 0.15) is 5.69 Å². The maximum absolute atomic E-state index is 12.8. The van der Waals surface area contributed by atoms with Crippen LogP contribution < -0.4 is 5.56 Å². The number of hydrogen-bond donors (Lipinski definition) is 0. The molecule has 1 aromatic carbocycles. The molecule has 0 aliphatic carbocycles. The van der Waals surface area contributed by atoms with E-state index in [9.17, 15) is 4.79 Å². The summed E-state index contributed by atoms with van der Waals surface area (Å²) in [5.74, 6) is 0. The second-order valence-corrected chi connectivity index (χ2v) is 6.53. The molecule has 0 saturated heterocycles. The molecule has 0 spiro atoms. The highest BCUT2D eigenvalue weighted by Crippen LogP contribution is 2.23. The van der Waals surface area contributed by atoms with Crippen LogP contribution in [-0.2, 0) is 13.1 Å². The molecule has 0 aliphatic heterocycles. The van der Waals surface area contributed by atoms with E-state index in [-0.39, 0.29) is 5.56 Å². The van der Waals surface area contributed by atoms with Gasteiger partial charge in [-0.3, -0.25) is 9.78 Å². The minimum Gasteiger partial charge on any atom is -0.337 e. The van der Waals surface area contributed by atoms with Crippen LogP contribution in [0.15, 0.2) is 72.3 Å². The smallest absolute Gasteiger partial charge is 0.274 e. The topological polar surface area (TPSA) is 65.6 Å². The Morgan fingerprint density at radius 2 is 1.70 bits per heavy atom. The fourth-order valence-corrected chi connectivity index (χ4v) is 3.25. The van der Waals surface area contributed by atoms with Crippen molar-refractivity contribution in [2.45, 2.75) is 32.4 Å². The van der Waals surface area contributed by atoms with Crippen LogP contribution in [-0.4, -0.2) is 24.3 Å². The second-order valence-electron chi connectivity index (χ2n) is 6.53. The summed E-state index contributed by atoms with van der Waals surface area (Å²) in [4.78, 5) is 21.1. The summed E-state index contributed by atoms with van der Waals surface area (Å²) in [6.45, 7) is 1.56. The van der Waals surface area contributed by atoms with Gasteiger partial charge in [0.05, 0.1) is 11.7 Å². The van der Waals surface area contributed by atoms with Crippen molar-refractivity contribution in [2.24, 2.45) is 0 Å². The minimum absolute atomic E-state index is 0.0344. The van der Waals surface area contributed by atoms with Crippen LogP contribution in [0.3, 0.4) is 0 Å². The molecule has 0 saturated carbocycles. The van der Waals surface area contributed by atoms with Crippen LogP contribution >= 0.6 is 0 Å². The number of pyridine rings is 1. The van der Waals surface area contributed by atoms with E-state index < -0.39 is 0 Å². The Balaban J connectivity index is 1.55. The lowest BCUT2D eigenvalue weighted by molar-refractivity contribution is 0.507. The Labute approximate surface area is 157 Å². The second kappa shape index (κ2) is 7.95. The number of nitrogens with zero attached hydrogens (tertiary/aromatic N) is 5. The van der Waals surface area contributed by atoms with Crippen LogP contribution in [0.2, 0.25) is 0 Å². The van der Waals surface area contributed by atoms with Gasteiger partial charge in [0.25, 0.3) is 5.56 Å². The summed E-state index contributed by atoms with van der Waals surface area (Å²) in [6.07, 6.45) is 12.1. The highest BCUT2D eigenvalue weighted by atomic mass is 16.1. The first kappa shape index (κ1) is 17.1. The van der Waals surface area contributed by atoms with Crippen molar-refractivity contribution >= 4 is 10.8 Å². The largest absolute Gasteiger partial charge is 0.337 e. The molecule has 27 heavy (non-hydrogen) atoms. The van der Waals surface area contributed by atoms with Crippen molar-refractivity contribution in [2.75, 3.05) is 0 Å². The van der Waals surface area contributed by atoms with Crippen molar-refractivity contribution in [3.63, 3.8) is 0 Å². The Morgan fingerprint density at radius 1 is 0.852 bits per heavy atom. The molecule has 0 radical (unpaired) electrons. The summed E-state index contributed by atoms with van der Waals surface area (Å²) in [7, 11) is 0. The molecular formula is C21H21N5O. The van der Waals surface area contributed by atoms with E-state index in [0.717, 1.165) is 42.5 Å². The van der Waals surface area contributed by atoms with Gasteiger partial charge in [-0.05, 0) is 37.5 Å². The maximum atomic E-state index is 12.8. The highest BCUT2D eigenvalue weighted by Gasteiger charge is 2.11. The van der Waals surface area contributed by atoms with Crippen molar-refractivity contribution in [3.8, 4) is 11.3 Å². The number of aromatic nitrogens is 5. The predicted molar refractivity (Wildman–Crippen MR) is 105 cm³/mol. The summed E-state index contributed by atoms with van der Waals surface area (Å²) in [6, 6.07) is 11.5. The van der Waals surface area contributed by atoms with Crippen LogP contribution in [0, 0.1) is 0 Å². The first-order valence-corrected chi connectivity index (χ1v) is 9.19. The van der Waals surface area contributed by atoms with Crippen molar-refractivity contribution in [1.29, 1.82) is 0 Å². The zero-order chi connectivity index (χ0) is 18.5. The number of benzene rings is 1. The van der Waals surface area contributed by atoms with Gasteiger partial charge in [-0.1, -0.05) is 18.2 Å². The zero-order valence-electron chi connectivity index (χ0n) is 15.0. The Morgan fingerprint density at radius 3 is 2.48 bits per heavy atom. The average Bonchev–Trinajstić information content (AvgIpc) is 3.24. The number of rotatable bonds is 7. The molecule has 3 heterocycles.